The molecule has 4 nitrogen and oxygen atoms in total. The van der Waals surface area contributed by atoms with E-state index in [1.165, 1.54) is 0 Å². The van der Waals surface area contributed by atoms with Crippen molar-refractivity contribution in [1.29, 1.82) is 0 Å². The van der Waals surface area contributed by atoms with E-state index in [1.54, 1.807) is 6.92 Å². The second kappa shape index (κ2) is 7.90. The molecular formula is C16H25NO3. The van der Waals surface area contributed by atoms with Gasteiger partial charge in [0.05, 0.1) is 6.10 Å². The van der Waals surface area contributed by atoms with Gasteiger partial charge in [-0.1, -0.05) is 26.0 Å². The minimum Gasteiger partial charge on any atom is -0.483 e. The van der Waals surface area contributed by atoms with Crippen molar-refractivity contribution in [2.75, 3.05) is 6.61 Å². The van der Waals surface area contributed by atoms with Gasteiger partial charge in [0.25, 0.3) is 5.91 Å². The molecule has 1 aromatic rings. The SMILES string of the molecule is CCC(CC)NC(=O)COc1cc(C)ccc1[C@H](C)O. The minimum atomic E-state index is -0.618. The zero-order valence-electron chi connectivity index (χ0n) is 12.8. The molecule has 1 rings (SSSR count). The topological polar surface area (TPSA) is 58.6 Å². The van der Waals surface area contributed by atoms with Crippen LogP contribution in [0.15, 0.2) is 18.2 Å². The van der Waals surface area contributed by atoms with Crippen LogP contribution in [0.3, 0.4) is 0 Å². The Hall–Kier alpha value is -1.55. The van der Waals surface area contributed by atoms with Crippen molar-refractivity contribution < 1.29 is 14.6 Å². The summed E-state index contributed by atoms with van der Waals surface area (Å²) in [5.41, 5.74) is 1.73. The zero-order chi connectivity index (χ0) is 15.1. The van der Waals surface area contributed by atoms with E-state index in [9.17, 15) is 9.90 Å². The lowest BCUT2D eigenvalue weighted by Gasteiger charge is -2.17. The minimum absolute atomic E-state index is 0.0281. The van der Waals surface area contributed by atoms with Gasteiger partial charge in [0, 0.05) is 11.6 Å². The first-order chi connectivity index (χ1) is 9.47. The molecule has 0 radical (unpaired) electrons. The number of hydrogen-bond donors (Lipinski definition) is 2. The molecule has 0 spiro atoms. The van der Waals surface area contributed by atoms with Crippen molar-refractivity contribution in [3.05, 3.63) is 29.3 Å². The summed E-state index contributed by atoms with van der Waals surface area (Å²) in [7, 11) is 0. The quantitative estimate of drug-likeness (QED) is 0.807. The maximum absolute atomic E-state index is 11.8. The predicted molar refractivity (Wildman–Crippen MR) is 79.8 cm³/mol. The van der Waals surface area contributed by atoms with Gasteiger partial charge in [-0.25, -0.2) is 0 Å². The van der Waals surface area contributed by atoms with E-state index in [2.05, 4.69) is 5.32 Å². The maximum atomic E-state index is 11.8. The highest BCUT2D eigenvalue weighted by Gasteiger charge is 2.12. The number of nitrogens with one attached hydrogen (secondary N) is 1. The smallest absolute Gasteiger partial charge is 0.258 e. The molecule has 4 heteroatoms. The van der Waals surface area contributed by atoms with Gasteiger partial charge >= 0.3 is 0 Å². The summed E-state index contributed by atoms with van der Waals surface area (Å²) in [5, 5.41) is 12.6. The van der Waals surface area contributed by atoms with Crippen LogP contribution in [0.1, 0.15) is 50.8 Å². The summed E-state index contributed by atoms with van der Waals surface area (Å²) in [6.45, 7) is 7.69. The van der Waals surface area contributed by atoms with Gasteiger partial charge in [0.1, 0.15) is 5.75 Å². The molecule has 1 atom stereocenters. The van der Waals surface area contributed by atoms with E-state index in [1.807, 2.05) is 39.0 Å². The molecule has 0 unspecified atom stereocenters. The van der Waals surface area contributed by atoms with Gasteiger partial charge in [-0.15, -0.1) is 0 Å². The molecule has 0 aliphatic rings. The molecule has 0 aliphatic carbocycles. The van der Waals surface area contributed by atoms with Crippen LogP contribution in [0.5, 0.6) is 5.75 Å². The lowest BCUT2D eigenvalue weighted by atomic mass is 10.1. The van der Waals surface area contributed by atoms with Crippen molar-refractivity contribution >= 4 is 5.91 Å². The third kappa shape index (κ3) is 4.85. The van der Waals surface area contributed by atoms with Crippen molar-refractivity contribution in [3.8, 4) is 5.75 Å². The Balaban J connectivity index is 2.65. The number of carbonyl (C=O) groups excluding carboxylic acids is 1. The number of amides is 1. The monoisotopic (exact) mass is 279 g/mol. The Labute approximate surface area is 121 Å². The summed E-state index contributed by atoms with van der Waals surface area (Å²) in [5.74, 6) is 0.441. The third-order valence-corrected chi connectivity index (χ3v) is 3.33. The fourth-order valence-corrected chi connectivity index (χ4v) is 2.02. The average Bonchev–Trinajstić information content (AvgIpc) is 2.42. The second-order valence-corrected chi connectivity index (χ2v) is 5.09. The second-order valence-electron chi connectivity index (χ2n) is 5.09. The Morgan fingerprint density at radius 1 is 1.35 bits per heavy atom. The van der Waals surface area contributed by atoms with Crippen LogP contribution in [0.25, 0.3) is 0 Å². The van der Waals surface area contributed by atoms with Crippen LogP contribution in [-0.2, 0) is 4.79 Å². The van der Waals surface area contributed by atoms with E-state index in [0.29, 0.717) is 11.3 Å². The summed E-state index contributed by atoms with van der Waals surface area (Å²) < 4.78 is 5.56. The third-order valence-electron chi connectivity index (χ3n) is 3.33. The summed E-state index contributed by atoms with van der Waals surface area (Å²) >= 11 is 0. The molecule has 20 heavy (non-hydrogen) atoms. The van der Waals surface area contributed by atoms with Gasteiger partial charge in [-0.05, 0) is 38.3 Å². The summed E-state index contributed by atoms with van der Waals surface area (Å²) in [4.78, 5) is 11.8. The lowest BCUT2D eigenvalue weighted by Crippen LogP contribution is -2.37. The highest BCUT2D eigenvalue weighted by Crippen LogP contribution is 2.26. The first-order valence-corrected chi connectivity index (χ1v) is 7.18. The highest BCUT2D eigenvalue weighted by atomic mass is 16.5. The fraction of sp³-hybridized carbons (Fsp3) is 0.562. The van der Waals surface area contributed by atoms with Gasteiger partial charge in [-0.2, -0.15) is 0 Å². The Kier molecular flexibility index (Phi) is 6.52. The number of aliphatic hydroxyl groups is 1. The van der Waals surface area contributed by atoms with E-state index in [4.69, 9.17) is 4.74 Å². The molecule has 0 aromatic heterocycles. The number of ether oxygens (including phenoxy) is 1. The molecule has 1 amide bonds. The average molecular weight is 279 g/mol. The first-order valence-electron chi connectivity index (χ1n) is 7.18. The van der Waals surface area contributed by atoms with Crippen LogP contribution in [0.2, 0.25) is 0 Å². The number of benzene rings is 1. The number of rotatable bonds is 7. The normalized spacial score (nSPS) is 12.3. The Bertz CT molecular complexity index is 439. The van der Waals surface area contributed by atoms with E-state index >= 15 is 0 Å². The van der Waals surface area contributed by atoms with E-state index in [-0.39, 0.29) is 18.6 Å². The molecule has 112 valence electrons. The van der Waals surface area contributed by atoms with Crippen LogP contribution in [-0.4, -0.2) is 23.7 Å². The molecule has 0 heterocycles. The number of carbonyl (C=O) groups is 1. The number of aliphatic hydroxyl groups excluding tert-OH is 1. The molecular weight excluding hydrogens is 254 g/mol. The van der Waals surface area contributed by atoms with Gasteiger partial charge < -0.3 is 15.2 Å². The van der Waals surface area contributed by atoms with Crippen LogP contribution >= 0.6 is 0 Å². The van der Waals surface area contributed by atoms with Gasteiger partial charge in [0.2, 0.25) is 0 Å². The Morgan fingerprint density at radius 3 is 2.55 bits per heavy atom. The lowest BCUT2D eigenvalue weighted by molar-refractivity contribution is -0.123. The van der Waals surface area contributed by atoms with Gasteiger partial charge in [-0.3, -0.25) is 4.79 Å². The van der Waals surface area contributed by atoms with Crippen molar-refractivity contribution in [1.82, 2.24) is 5.32 Å². The van der Waals surface area contributed by atoms with E-state index < -0.39 is 6.10 Å². The van der Waals surface area contributed by atoms with Crippen LogP contribution in [0.4, 0.5) is 0 Å². The maximum Gasteiger partial charge on any atom is 0.258 e. The standard InChI is InChI=1S/C16H25NO3/c1-5-13(6-2)17-16(19)10-20-15-9-11(3)7-8-14(15)12(4)18/h7-9,12-13,18H,5-6,10H2,1-4H3,(H,17,19)/t12-/m0/s1. The first kappa shape index (κ1) is 16.5. The van der Waals surface area contributed by atoms with Crippen molar-refractivity contribution in [2.24, 2.45) is 0 Å². The molecule has 0 bridgehead atoms. The summed E-state index contributed by atoms with van der Waals surface area (Å²) in [6, 6.07) is 5.78. The van der Waals surface area contributed by atoms with E-state index in [0.717, 1.165) is 18.4 Å². The molecule has 1 aromatic carbocycles. The molecule has 0 fully saturated rings. The Morgan fingerprint density at radius 2 is 2.00 bits per heavy atom. The predicted octanol–water partition coefficient (Wildman–Crippen LogP) is 2.73. The molecule has 0 saturated carbocycles. The van der Waals surface area contributed by atoms with Crippen LogP contribution in [0, 0.1) is 6.92 Å². The molecule has 0 saturated heterocycles. The number of hydrogen-bond acceptors (Lipinski definition) is 3. The van der Waals surface area contributed by atoms with Crippen molar-refractivity contribution in [3.63, 3.8) is 0 Å². The highest BCUT2D eigenvalue weighted by molar-refractivity contribution is 5.77. The largest absolute Gasteiger partial charge is 0.483 e. The zero-order valence-corrected chi connectivity index (χ0v) is 12.8. The fourth-order valence-electron chi connectivity index (χ4n) is 2.02. The molecule has 0 aliphatic heterocycles. The molecule has 2 N–H and O–H groups in total. The van der Waals surface area contributed by atoms with Crippen LogP contribution < -0.4 is 10.1 Å². The number of aryl methyl sites for hydroxylation is 1. The van der Waals surface area contributed by atoms with Crippen molar-refractivity contribution in [2.45, 2.75) is 52.7 Å². The van der Waals surface area contributed by atoms with Gasteiger partial charge in [0.15, 0.2) is 6.61 Å². The summed E-state index contributed by atoms with van der Waals surface area (Å²) in [6.07, 6.45) is 1.20.